The summed E-state index contributed by atoms with van der Waals surface area (Å²) in [6, 6.07) is 0. The molecule has 0 spiro atoms. The third-order valence-electron chi connectivity index (χ3n) is 3.88. The molecule has 2 nitrogen and oxygen atoms in total. The minimum absolute atomic E-state index is 0.506. The van der Waals surface area contributed by atoms with Crippen LogP contribution >= 0.6 is 0 Å². The molecule has 0 amide bonds. The molecule has 2 atom stereocenters. The SMILES string of the molecule is CCCCCCCCCCCCC(O)C(O)CCC. The fraction of sp³-hybridized carbons (Fsp3) is 1.00. The molecule has 19 heavy (non-hydrogen) atoms. The molecule has 0 heterocycles. The van der Waals surface area contributed by atoms with E-state index in [2.05, 4.69) is 6.92 Å². The highest BCUT2D eigenvalue weighted by molar-refractivity contribution is 4.66. The van der Waals surface area contributed by atoms with Crippen molar-refractivity contribution in [2.24, 2.45) is 0 Å². The number of rotatable bonds is 14. The highest BCUT2D eigenvalue weighted by Gasteiger charge is 2.14. The normalized spacial score (nSPS) is 14.5. The second kappa shape index (κ2) is 14.3. The molecule has 2 N–H and O–H groups in total. The van der Waals surface area contributed by atoms with Crippen molar-refractivity contribution in [3.8, 4) is 0 Å². The van der Waals surface area contributed by atoms with E-state index in [0.29, 0.717) is 0 Å². The Bertz CT molecular complexity index is 171. The van der Waals surface area contributed by atoms with Crippen molar-refractivity contribution in [2.45, 2.75) is 110 Å². The molecule has 2 unspecified atom stereocenters. The zero-order valence-electron chi connectivity index (χ0n) is 13.2. The Morgan fingerprint density at radius 2 is 0.947 bits per heavy atom. The number of hydrogen-bond donors (Lipinski definition) is 2. The van der Waals surface area contributed by atoms with Crippen molar-refractivity contribution >= 4 is 0 Å². The fourth-order valence-electron chi connectivity index (χ4n) is 2.52. The lowest BCUT2D eigenvalue weighted by atomic mass is 10.0. The summed E-state index contributed by atoms with van der Waals surface area (Å²) < 4.78 is 0. The van der Waals surface area contributed by atoms with Gasteiger partial charge in [-0.25, -0.2) is 0 Å². The van der Waals surface area contributed by atoms with E-state index in [1.54, 1.807) is 0 Å². The van der Waals surface area contributed by atoms with E-state index >= 15 is 0 Å². The Labute approximate surface area is 120 Å². The summed E-state index contributed by atoms with van der Waals surface area (Å²) in [6.07, 6.45) is 14.5. The number of hydrogen-bond acceptors (Lipinski definition) is 2. The number of unbranched alkanes of at least 4 members (excludes halogenated alkanes) is 9. The Morgan fingerprint density at radius 3 is 1.42 bits per heavy atom. The zero-order chi connectivity index (χ0) is 14.3. The van der Waals surface area contributed by atoms with Crippen LogP contribution in [0, 0.1) is 0 Å². The topological polar surface area (TPSA) is 40.5 Å². The van der Waals surface area contributed by atoms with Crippen molar-refractivity contribution < 1.29 is 10.2 Å². The maximum absolute atomic E-state index is 9.72. The van der Waals surface area contributed by atoms with Gasteiger partial charge in [-0.05, 0) is 12.8 Å². The molecule has 0 aliphatic carbocycles. The molecule has 0 aromatic rings. The molecule has 0 saturated carbocycles. The van der Waals surface area contributed by atoms with Crippen LogP contribution in [0.1, 0.15) is 97.3 Å². The summed E-state index contributed by atoms with van der Waals surface area (Å²) in [6.45, 7) is 4.29. The highest BCUT2D eigenvalue weighted by Crippen LogP contribution is 2.14. The summed E-state index contributed by atoms with van der Waals surface area (Å²) in [5.41, 5.74) is 0. The van der Waals surface area contributed by atoms with Gasteiger partial charge in [-0.3, -0.25) is 0 Å². The van der Waals surface area contributed by atoms with E-state index in [4.69, 9.17) is 0 Å². The molecular formula is C17H36O2. The third kappa shape index (κ3) is 12.7. The first kappa shape index (κ1) is 18.9. The van der Waals surface area contributed by atoms with Crippen molar-refractivity contribution in [1.29, 1.82) is 0 Å². The molecule has 0 aliphatic heterocycles. The smallest absolute Gasteiger partial charge is 0.0799 e. The summed E-state index contributed by atoms with van der Waals surface area (Å²) in [5.74, 6) is 0. The van der Waals surface area contributed by atoms with Crippen LogP contribution in [0.3, 0.4) is 0 Å². The van der Waals surface area contributed by atoms with Crippen molar-refractivity contribution in [3.63, 3.8) is 0 Å². The van der Waals surface area contributed by atoms with Crippen LogP contribution in [0.4, 0.5) is 0 Å². The van der Waals surface area contributed by atoms with Gasteiger partial charge in [0.05, 0.1) is 12.2 Å². The molecule has 0 radical (unpaired) electrons. The molecule has 0 aromatic heterocycles. The quantitative estimate of drug-likeness (QED) is 0.445. The number of aliphatic hydroxyl groups is 2. The summed E-state index contributed by atoms with van der Waals surface area (Å²) in [7, 11) is 0. The Hall–Kier alpha value is -0.0800. The standard InChI is InChI=1S/C17H36O2/c1-3-5-6-7-8-9-10-11-12-13-15-17(19)16(18)14-4-2/h16-19H,3-15H2,1-2H3. The monoisotopic (exact) mass is 272 g/mol. The Kier molecular flexibility index (Phi) is 14.3. The average Bonchev–Trinajstić information content (AvgIpc) is 2.41. The molecule has 0 aliphatic rings. The summed E-state index contributed by atoms with van der Waals surface area (Å²) in [5, 5.41) is 19.3. The van der Waals surface area contributed by atoms with Crippen molar-refractivity contribution in [2.75, 3.05) is 0 Å². The largest absolute Gasteiger partial charge is 0.390 e. The fourth-order valence-corrected chi connectivity index (χ4v) is 2.52. The lowest BCUT2D eigenvalue weighted by molar-refractivity contribution is 0.00816. The van der Waals surface area contributed by atoms with Gasteiger partial charge in [-0.1, -0.05) is 84.5 Å². The van der Waals surface area contributed by atoms with Crippen LogP contribution < -0.4 is 0 Å². The van der Waals surface area contributed by atoms with Gasteiger partial charge in [0.25, 0.3) is 0 Å². The molecule has 0 aromatic carbocycles. The molecule has 0 fully saturated rings. The molecule has 0 rings (SSSR count). The first-order valence-corrected chi connectivity index (χ1v) is 8.58. The van der Waals surface area contributed by atoms with E-state index in [9.17, 15) is 10.2 Å². The van der Waals surface area contributed by atoms with Gasteiger partial charge < -0.3 is 10.2 Å². The first-order chi connectivity index (χ1) is 9.22. The second-order valence-corrected chi connectivity index (χ2v) is 5.89. The maximum atomic E-state index is 9.72. The minimum Gasteiger partial charge on any atom is -0.390 e. The summed E-state index contributed by atoms with van der Waals surface area (Å²) >= 11 is 0. The van der Waals surface area contributed by atoms with Crippen LogP contribution in [-0.4, -0.2) is 22.4 Å². The van der Waals surface area contributed by atoms with Gasteiger partial charge in [0.2, 0.25) is 0 Å². The maximum Gasteiger partial charge on any atom is 0.0799 e. The molecule has 0 bridgehead atoms. The van der Waals surface area contributed by atoms with Gasteiger partial charge in [-0.2, -0.15) is 0 Å². The molecule has 2 heteroatoms. The van der Waals surface area contributed by atoms with Crippen LogP contribution in [0.15, 0.2) is 0 Å². The predicted molar refractivity (Wildman–Crippen MR) is 83.4 cm³/mol. The lowest BCUT2D eigenvalue weighted by Gasteiger charge is -2.16. The minimum atomic E-state index is -0.511. The Balaban J connectivity index is 3.18. The summed E-state index contributed by atoms with van der Waals surface area (Å²) in [4.78, 5) is 0. The van der Waals surface area contributed by atoms with Gasteiger partial charge in [0.15, 0.2) is 0 Å². The molecule has 0 saturated heterocycles. The van der Waals surface area contributed by atoms with Gasteiger partial charge in [-0.15, -0.1) is 0 Å². The first-order valence-electron chi connectivity index (χ1n) is 8.58. The lowest BCUT2D eigenvalue weighted by Crippen LogP contribution is -2.25. The third-order valence-corrected chi connectivity index (χ3v) is 3.88. The molecule has 116 valence electrons. The van der Waals surface area contributed by atoms with Crippen molar-refractivity contribution in [1.82, 2.24) is 0 Å². The predicted octanol–water partition coefficient (Wildman–Crippen LogP) is 4.82. The van der Waals surface area contributed by atoms with Crippen LogP contribution in [0.2, 0.25) is 0 Å². The van der Waals surface area contributed by atoms with Crippen LogP contribution in [0.5, 0.6) is 0 Å². The van der Waals surface area contributed by atoms with E-state index in [1.807, 2.05) is 6.92 Å². The van der Waals surface area contributed by atoms with Gasteiger partial charge in [0, 0.05) is 0 Å². The van der Waals surface area contributed by atoms with Crippen molar-refractivity contribution in [3.05, 3.63) is 0 Å². The highest BCUT2D eigenvalue weighted by atomic mass is 16.3. The van der Waals surface area contributed by atoms with Crippen LogP contribution in [-0.2, 0) is 0 Å². The number of aliphatic hydroxyl groups excluding tert-OH is 2. The average molecular weight is 272 g/mol. The van der Waals surface area contributed by atoms with E-state index < -0.39 is 12.2 Å². The Morgan fingerprint density at radius 1 is 0.526 bits per heavy atom. The van der Waals surface area contributed by atoms with Gasteiger partial charge >= 0.3 is 0 Å². The van der Waals surface area contributed by atoms with E-state index in [-0.39, 0.29) is 0 Å². The van der Waals surface area contributed by atoms with Gasteiger partial charge in [0.1, 0.15) is 0 Å². The zero-order valence-corrected chi connectivity index (χ0v) is 13.2. The second-order valence-electron chi connectivity index (χ2n) is 5.89. The van der Waals surface area contributed by atoms with Crippen LogP contribution in [0.25, 0.3) is 0 Å². The van der Waals surface area contributed by atoms with E-state index in [1.165, 1.54) is 57.8 Å². The molecular weight excluding hydrogens is 236 g/mol. The van der Waals surface area contributed by atoms with E-state index in [0.717, 1.165) is 25.7 Å².